The maximum Gasteiger partial charge on any atom is 0.434 e. The zero-order chi connectivity index (χ0) is 27.3. The number of halogens is 5. The van der Waals surface area contributed by atoms with Crippen LogP contribution in [0.3, 0.4) is 0 Å². The molecule has 0 bridgehead atoms. The van der Waals surface area contributed by atoms with Crippen molar-refractivity contribution < 1.29 is 30.4 Å². The lowest BCUT2D eigenvalue weighted by Gasteiger charge is -2.20. The van der Waals surface area contributed by atoms with Crippen molar-refractivity contribution in [3.8, 4) is 17.2 Å². The number of fused-ring (bicyclic) bond motifs is 1. The minimum absolute atomic E-state index is 0.0211. The third-order valence-electron chi connectivity index (χ3n) is 6.03. The van der Waals surface area contributed by atoms with Crippen LogP contribution in [0.2, 0.25) is 0 Å². The molecule has 1 atom stereocenters. The molecular weight excluding hydrogens is 515 g/mol. The first-order valence-electron chi connectivity index (χ1n) is 11.5. The van der Waals surface area contributed by atoms with Gasteiger partial charge in [-0.1, -0.05) is 32.9 Å². The zero-order valence-corrected chi connectivity index (χ0v) is 21.1. The van der Waals surface area contributed by atoms with Crippen LogP contribution < -0.4 is 4.72 Å². The zero-order valence-electron chi connectivity index (χ0n) is 20.3. The molecule has 0 aliphatic heterocycles. The molecule has 0 spiro atoms. The highest BCUT2D eigenvalue weighted by molar-refractivity contribution is 7.90. The number of nitrogens with zero attached hydrogens (tertiary/aromatic N) is 3. The Kier molecular flexibility index (Phi) is 6.84. The molecule has 2 aromatic heterocycles. The molecule has 1 saturated carbocycles. The van der Waals surface area contributed by atoms with Gasteiger partial charge in [-0.2, -0.15) is 18.4 Å². The van der Waals surface area contributed by atoms with Crippen LogP contribution in [0.4, 0.5) is 22.0 Å². The van der Waals surface area contributed by atoms with Gasteiger partial charge in [-0.3, -0.25) is 4.98 Å². The first-order chi connectivity index (χ1) is 17.1. The number of alkyl halides is 5. The SMILES string of the molecule is CC(C)(C)Cn1cc(C(NS(=O)(=O)C2CC2)C(F)F)c2ccc(-c3c(C#N)ccnc3C(F)(F)F)cc21. The third-order valence-corrected chi connectivity index (χ3v) is 7.96. The molecule has 1 unspecified atom stereocenters. The van der Waals surface area contributed by atoms with Crippen molar-refractivity contribution in [1.82, 2.24) is 14.3 Å². The molecule has 0 radical (unpaired) electrons. The maximum atomic E-state index is 14.2. The fraction of sp³-hybridized carbons (Fsp3) is 0.440. The lowest BCUT2D eigenvalue weighted by atomic mass is 9.95. The van der Waals surface area contributed by atoms with Gasteiger partial charge < -0.3 is 4.57 Å². The molecule has 1 aliphatic rings. The first-order valence-corrected chi connectivity index (χ1v) is 13.1. The fourth-order valence-electron chi connectivity index (χ4n) is 4.33. The summed E-state index contributed by atoms with van der Waals surface area (Å²) in [6.07, 6.45) is -4.78. The Morgan fingerprint density at radius 2 is 1.86 bits per heavy atom. The van der Waals surface area contributed by atoms with Crippen molar-refractivity contribution in [3.63, 3.8) is 0 Å². The molecular formula is C25H25F5N4O2S. The van der Waals surface area contributed by atoms with Crippen molar-refractivity contribution in [1.29, 1.82) is 5.26 Å². The predicted octanol–water partition coefficient (Wildman–Crippen LogP) is 6.03. The van der Waals surface area contributed by atoms with E-state index in [2.05, 4.69) is 9.71 Å². The van der Waals surface area contributed by atoms with Crippen LogP contribution in [0, 0.1) is 16.7 Å². The second-order valence-corrected chi connectivity index (χ2v) is 12.4. The standard InChI is InChI=1S/C25H25F5N4O2S/c1-24(2,3)13-34-12-18(21(23(26)27)33-37(35,36)16-5-6-16)17-7-4-14(10-19(17)34)20-15(11-31)8-9-32-22(20)25(28,29)30/h4,7-10,12,16,21,23,33H,5-6,13H2,1-3H3. The summed E-state index contributed by atoms with van der Waals surface area (Å²) >= 11 is 0. The van der Waals surface area contributed by atoms with Crippen LogP contribution in [0.25, 0.3) is 22.0 Å². The lowest BCUT2D eigenvalue weighted by Crippen LogP contribution is -2.35. The van der Waals surface area contributed by atoms with Gasteiger partial charge in [0.2, 0.25) is 10.0 Å². The first kappa shape index (κ1) is 27.0. The van der Waals surface area contributed by atoms with E-state index in [4.69, 9.17) is 0 Å². The largest absolute Gasteiger partial charge is 0.434 e. The average molecular weight is 541 g/mol. The molecule has 4 rings (SSSR count). The molecule has 6 nitrogen and oxygen atoms in total. The Morgan fingerprint density at radius 3 is 2.41 bits per heavy atom. The predicted molar refractivity (Wildman–Crippen MR) is 128 cm³/mol. The van der Waals surface area contributed by atoms with Crippen LogP contribution in [0.15, 0.2) is 36.7 Å². The Morgan fingerprint density at radius 1 is 1.19 bits per heavy atom. The number of aromatic nitrogens is 2. The molecule has 37 heavy (non-hydrogen) atoms. The topological polar surface area (TPSA) is 87.8 Å². The number of nitriles is 1. The van der Waals surface area contributed by atoms with E-state index >= 15 is 0 Å². The van der Waals surface area contributed by atoms with Gasteiger partial charge in [0.05, 0.1) is 16.9 Å². The molecule has 1 aromatic carbocycles. The molecule has 0 saturated heterocycles. The van der Waals surface area contributed by atoms with E-state index in [1.165, 1.54) is 30.5 Å². The molecule has 1 fully saturated rings. The van der Waals surface area contributed by atoms with Gasteiger partial charge in [0.15, 0.2) is 5.69 Å². The van der Waals surface area contributed by atoms with E-state index in [1.54, 1.807) is 10.6 Å². The number of sulfonamides is 1. The normalized spacial score (nSPS) is 15.8. The fourth-order valence-corrected chi connectivity index (χ4v) is 5.86. The third kappa shape index (κ3) is 5.62. The van der Waals surface area contributed by atoms with E-state index < -0.39 is 45.2 Å². The van der Waals surface area contributed by atoms with Gasteiger partial charge in [-0.15, -0.1) is 0 Å². The second-order valence-electron chi connectivity index (χ2n) is 10.4. The Labute approximate surface area is 211 Å². The van der Waals surface area contributed by atoms with E-state index in [9.17, 15) is 35.6 Å². The van der Waals surface area contributed by atoms with Crippen molar-refractivity contribution in [2.75, 3.05) is 0 Å². The molecule has 1 aliphatic carbocycles. The lowest BCUT2D eigenvalue weighted by molar-refractivity contribution is -0.140. The number of hydrogen-bond acceptors (Lipinski definition) is 4. The molecule has 1 N–H and O–H groups in total. The number of nitrogens with one attached hydrogen (secondary N) is 1. The molecule has 3 aromatic rings. The number of rotatable bonds is 7. The average Bonchev–Trinajstić information content (AvgIpc) is 3.60. The molecule has 198 valence electrons. The van der Waals surface area contributed by atoms with E-state index in [1.807, 2.05) is 20.8 Å². The highest BCUT2D eigenvalue weighted by Crippen LogP contribution is 2.40. The summed E-state index contributed by atoms with van der Waals surface area (Å²) in [5.41, 5.74) is -1.84. The summed E-state index contributed by atoms with van der Waals surface area (Å²) in [5, 5.41) is 9.05. The van der Waals surface area contributed by atoms with Crippen molar-refractivity contribution >= 4 is 20.9 Å². The summed E-state index contributed by atoms with van der Waals surface area (Å²) < 4.78 is 98.5. The number of hydrogen-bond donors (Lipinski definition) is 1. The van der Waals surface area contributed by atoms with Crippen molar-refractivity contribution in [2.45, 2.75) is 64.1 Å². The van der Waals surface area contributed by atoms with Gasteiger partial charge in [0, 0.05) is 41.0 Å². The van der Waals surface area contributed by atoms with E-state index in [0.29, 0.717) is 24.9 Å². The van der Waals surface area contributed by atoms with Gasteiger partial charge in [0.1, 0.15) is 6.04 Å². The Balaban J connectivity index is 1.94. The molecule has 2 heterocycles. The van der Waals surface area contributed by atoms with E-state index in [0.717, 1.165) is 6.20 Å². The summed E-state index contributed by atoms with van der Waals surface area (Å²) in [5.74, 6) is 0. The number of benzene rings is 1. The van der Waals surface area contributed by atoms with Gasteiger partial charge in [-0.25, -0.2) is 21.9 Å². The Bertz CT molecular complexity index is 1480. The molecule has 12 heteroatoms. The van der Waals surface area contributed by atoms with Crippen LogP contribution in [-0.2, 0) is 22.7 Å². The monoisotopic (exact) mass is 540 g/mol. The highest BCUT2D eigenvalue weighted by Gasteiger charge is 2.40. The maximum absolute atomic E-state index is 14.2. The van der Waals surface area contributed by atoms with Crippen LogP contribution in [-0.4, -0.2) is 29.6 Å². The quantitative estimate of drug-likeness (QED) is 0.371. The Hall–Kier alpha value is -3.04. The summed E-state index contributed by atoms with van der Waals surface area (Å²) in [4.78, 5) is 3.46. The summed E-state index contributed by atoms with van der Waals surface area (Å²) in [6, 6.07) is 5.19. The number of pyridine rings is 1. The summed E-state index contributed by atoms with van der Waals surface area (Å²) in [7, 11) is -3.96. The van der Waals surface area contributed by atoms with Crippen LogP contribution in [0.5, 0.6) is 0 Å². The highest BCUT2D eigenvalue weighted by atomic mass is 32.2. The van der Waals surface area contributed by atoms with Gasteiger partial charge in [-0.05, 0) is 36.0 Å². The van der Waals surface area contributed by atoms with Crippen molar-refractivity contribution in [3.05, 3.63) is 53.5 Å². The second kappa shape index (κ2) is 9.36. The minimum Gasteiger partial charge on any atom is -0.347 e. The van der Waals surface area contributed by atoms with Gasteiger partial charge >= 0.3 is 6.18 Å². The van der Waals surface area contributed by atoms with Gasteiger partial charge in [0.25, 0.3) is 6.43 Å². The summed E-state index contributed by atoms with van der Waals surface area (Å²) in [6.45, 7) is 6.01. The van der Waals surface area contributed by atoms with Crippen LogP contribution >= 0.6 is 0 Å². The molecule has 0 amide bonds. The van der Waals surface area contributed by atoms with Crippen molar-refractivity contribution in [2.24, 2.45) is 5.41 Å². The van der Waals surface area contributed by atoms with E-state index in [-0.39, 0.29) is 27.5 Å². The smallest absolute Gasteiger partial charge is 0.347 e. The van der Waals surface area contributed by atoms with Crippen LogP contribution in [0.1, 0.15) is 56.5 Å². The minimum atomic E-state index is -4.84.